The van der Waals surface area contributed by atoms with Crippen LogP contribution in [0.15, 0.2) is 131 Å². The number of aromatic nitrogens is 4. The van der Waals surface area contributed by atoms with E-state index in [1.54, 1.807) is 24.3 Å². The Labute approximate surface area is 234 Å². The van der Waals surface area contributed by atoms with Gasteiger partial charge in [-0.05, 0) is 23.3 Å². The predicted octanol–water partition coefficient (Wildman–Crippen LogP) is 4.32. The molecule has 2 heterocycles. The van der Waals surface area contributed by atoms with Gasteiger partial charge in [0, 0.05) is 5.56 Å². The number of carbonyl (C=O) groups excluding carboxylic acids is 1. The minimum atomic E-state index is -1.00. The first-order valence-corrected chi connectivity index (χ1v) is 13.2. The lowest BCUT2D eigenvalue weighted by Gasteiger charge is -2.25. The van der Waals surface area contributed by atoms with Gasteiger partial charge < -0.3 is 5.11 Å². The number of aromatic hydroxyl groups is 1. The summed E-state index contributed by atoms with van der Waals surface area (Å²) in [6.45, 7) is 0.557. The molecule has 2 atom stereocenters. The van der Waals surface area contributed by atoms with Crippen LogP contribution < -0.4 is 15.8 Å². The van der Waals surface area contributed by atoms with Gasteiger partial charge in [0.2, 0.25) is 18.0 Å². The summed E-state index contributed by atoms with van der Waals surface area (Å²) in [5, 5.41) is 11.0. The fourth-order valence-electron chi connectivity index (χ4n) is 5.48. The second-order valence-electron chi connectivity index (χ2n) is 9.86. The van der Waals surface area contributed by atoms with Crippen molar-refractivity contribution < 1.29 is 14.5 Å². The molecular formula is C33H27N4O4+. The summed E-state index contributed by atoms with van der Waals surface area (Å²) >= 11 is 0. The van der Waals surface area contributed by atoms with Crippen molar-refractivity contribution in [1.29, 1.82) is 0 Å². The van der Waals surface area contributed by atoms with E-state index in [1.165, 1.54) is 0 Å². The average molecular weight is 544 g/mol. The highest BCUT2D eigenvalue weighted by molar-refractivity contribution is 6.00. The van der Waals surface area contributed by atoms with E-state index in [4.69, 9.17) is 0 Å². The number of benzene rings is 4. The number of hydrogen-bond donors (Lipinski definition) is 3. The van der Waals surface area contributed by atoms with E-state index < -0.39 is 29.1 Å². The van der Waals surface area contributed by atoms with Crippen molar-refractivity contribution in [2.45, 2.75) is 18.5 Å². The molecule has 0 aliphatic carbocycles. The molecular weight excluding hydrogens is 516 g/mol. The van der Waals surface area contributed by atoms with Gasteiger partial charge in [-0.25, -0.2) is 13.9 Å². The number of nitrogens with one attached hydrogen (secondary N) is 2. The highest BCUT2D eigenvalue weighted by Gasteiger charge is 2.41. The van der Waals surface area contributed by atoms with Crippen LogP contribution in [-0.4, -0.2) is 25.4 Å². The summed E-state index contributed by atoms with van der Waals surface area (Å²) in [5.74, 6) is -1.78. The van der Waals surface area contributed by atoms with Gasteiger partial charge in [-0.2, -0.15) is 0 Å². The lowest BCUT2D eigenvalue weighted by atomic mass is 9.82. The molecule has 6 aromatic rings. The number of ketones is 1. The summed E-state index contributed by atoms with van der Waals surface area (Å²) in [6.07, 6.45) is 1.88. The molecule has 3 N–H and O–H groups in total. The van der Waals surface area contributed by atoms with Crippen molar-refractivity contribution in [3.63, 3.8) is 0 Å². The number of para-hydroxylation sites is 2. The Hall–Kier alpha value is -5.50. The van der Waals surface area contributed by atoms with Crippen LogP contribution in [-0.2, 0) is 6.54 Å². The summed E-state index contributed by atoms with van der Waals surface area (Å²) in [5.41, 5.74) is 2.14. The number of imidazole rings is 1. The van der Waals surface area contributed by atoms with E-state index in [0.29, 0.717) is 17.7 Å². The number of aromatic amines is 2. The van der Waals surface area contributed by atoms with Crippen LogP contribution in [0, 0.1) is 0 Å². The fourth-order valence-corrected chi connectivity index (χ4v) is 5.48. The maximum atomic E-state index is 14.5. The summed E-state index contributed by atoms with van der Waals surface area (Å²) in [6, 6.07) is 34.7. The maximum absolute atomic E-state index is 14.5. The Morgan fingerprint density at radius 1 is 0.780 bits per heavy atom. The predicted molar refractivity (Wildman–Crippen MR) is 155 cm³/mol. The Bertz CT molecular complexity index is 1940. The number of H-pyrrole nitrogens is 2. The smallest absolute Gasteiger partial charge is 0.328 e. The molecule has 0 saturated heterocycles. The number of Topliss-reactive ketones (excluding diaryl/α,β-unsaturated/α-hetero) is 1. The molecule has 202 valence electrons. The van der Waals surface area contributed by atoms with Crippen molar-refractivity contribution in [1.82, 2.24) is 14.5 Å². The molecule has 0 spiro atoms. The van der Waals surface area contributed by atoms with E-state index >= 15 is 0 Å². The van der Waals surface area contributed by atoms with Crippen LogP contribution >= 0.6 is 0 Å². The van der Waals surface area contributed by atoms with Crippen LogP contribution in [0.2, 0.25) is 0 Å². The van der Waals surface area contributed by atoms with Crippen molar-refractivity contribution in [2.24, 2.45) is 0 Å². The molecule has 0 aliphatic heterocycles. The Morgan fingerprint density at radius 3 is 2.07 bits per heavy atom. The van der Waals surface area contributed by atoms with Crippen molar-refractivity contribution in [3.05, 3.63) is 165 Å². The third-order valence-electron chi connectivity index (χ3n) is 7.30. The van der Waals surface area contributed by atoms with Crippen LogP contribution in [0.4, 0.5) is 0 Å². The molecule has 2 aromatic heterocycles. The first-order chi connectivity index (χ1) is 20.0. The van der Waals surface area contributed by atoms with E-state index in [0.717, 1.165) is 16.6 Å². The Kier molecular flexibility index (Phi) is 6.87. The zero-order valence-electron chi connectivity index (χ0n) is 22.0. The molecule has 41 heavy (non-hydrogen) atoms. The highest BCUT2D eigenvalue weighted by atomic mass is 16.3. The quantitative estimate of drug-likeness (QED) is 0.196. The molecule has 0 bridgehead atoms. The molecule has 8 heteroatoms. The molecule has 0 amide bonds. The van der Waals surface area contributed by atoms with Gasteiger partial charge in [-0.3, -0.25) is 19.6 Å². The first-order valence-electron chi connectivity index (χ1n) is 13.2. The number of hydrogen-bond acceptors (Lipinski definition) is 4. The molecule has 0 radical (unpaired) electrons. The topological polar surface area (TPSA) is 112 Å². The molecule has 8 nitrogen and oxygen atoms in total. The van der Waals surface area contributed by atoms with Crippen LogP contribution in [0.1, 0.15) is 39.0 Å². The third kappa shape index (κ3) is 4.98. The van der Waals surface area contributed by atoms with Gasteiger partial charge in [0.1, 0.15) is 6.54 Å². The van der Waals surface area contributed by atoms with Crippen molar-refractivity contribution >= 4 is 16.8 Å². The van der Waals surface area contributed by atoms with Crippen molar-refractivity contribution in [3.8, 4) is 5.88 Å². The SMILES string of the molecule is O=C(c1ccccc1)C(C(c1ccccc1)c1c(O)[nH]c(=O)[nH]c1=O)n1c[n+](Cc2ccccc2)c2ccccc21. The Balaban J connectivity index is 1.65. The summed E-state index contributed by atoms with van der Waals surface area (Å²) in [4.78, 5) is 44.4. The van der Waals surface area contributed by atoms with Gasteiger partial charge in [0.05, 0.1) is 11.5 Å². The summed E-state index contributed by atoms with van der Waals surface area (Å²) < 4.78 is 3.93. The van der Waals surface area contributed by atoms with Crippen molar-refractivity contribution in [2.75, 3.05) is 0 Å². The summed E-state index contributed by atoms with van der Waals surface area (Å²) in [7, 11) is 0. The van der Waals surface area contributed by atoms with E-state index in [9.17, 15) is 19.5 Å². The lowest BCUT2D eigenvalue weighted by molar-refractivity contribution is -0.663. The monoisotopic (exact) mass is 543 g/mol. The number of nitrogens with zero attached hydrogens (tertiary/aromatic N) is 2. The van der Waals surface area contributed by atoms with Crippen LogP contribution in [0.25, 0.3) is 11.0 Å². The van der Waals surface area contributed by atoms with Gasteiger partial charge in [0.25, 0.3) is 5.56 Å². The van der Waals surface area contributed by atoms with E-state index in [2.05, 4.69) is 14.5 Å². The molecule has 0 aliphatic rings. The van der Waals surface area contributed by atoms with Gasteiger partial charge in [0.15, 0.2) is 17.1 Å². The van der Waals surface area contributed by atoms with Gasteiger partial charge >= 0.3 is 5.69 Å². The average Bonchev–Trinajstić information content (AvgIpc) is 3.35. The van der Waals surface area contributed by atoms with Crippen LogP contribution in [0.3, 0.4) is 0 Å². The number of carbonyl (C=O) groups is 1. The van der Waals surface area contributed by atoms with Gasteiger partial charge in [-0.1, -0.05) is 103 Å². The largest absolute Gasteiger partial charge is 0.494 e. The standard InChI is InChI=1S/C33H26N4O4/c38-30(24-16-8-3-9-17-24)29(27(23-14-6-2-7-15-23)28-31(39)34-33(41)35-32(28)40)37-21-36(20-22-12-4-1-5-13-22)25-18-10-11-19-26(25)37/h1-19,21,27,29H,20H2,(H2-,34,35,39,40,41)/p+1. The minimum Gasteiger partial charge on any atom is -0.494 e. The maximum Gasteiger partial charge on any atom is 0.328 e. The normalized spacial score (nSPS) is 12.7. The van der Waals surface area contributed by atoms with E-state index in [1.807, 2.05) is 102 Å². The number of fused-ring (bicyclic) bond motifs is 1. The zero-order valence-corrected chi connectivity index (χ0v) is 22.0. The second kappa shape index (κ2) is 10.9. The first kappa shape index (κ1) is 25.8. The molecule has 2 unspecified atom stereocenters. The fraction of sp³-hybridized carbons (Fsp3) is 0.0909. The third-order valence-corrected chi connectivity index (χ3v) is 7.30. The molecule has 0 saturated carbocycles. The number of rotatable bonds is 8. The lowest BCUT2D eigenvalue weighted by Crippen LogP contribution is -2.36. The molecule has 6 rings (SSSR count). The second-order valence-corrected chi connectivity index (χ2v) is 9.86. The van der Waals surface area contributed by atoms with E-state index in [-0.39, 0.29) is 11.3 Å². The molecule has 4 aromatic carbocycles. The molecule has 0 fully saturated rings. The highest BCUT2D eigenvalue weighted by Crippen LogP contribution is 2.39. The van der Waals surface area contributed by atoms with Crippen LogP contribution in [0.5, 0.6) is 5.88 Å². The zero-order chi connectivity index (χ0) is 28.3. The Morgan fingerprint density at radius 2 is 1.39 bits per heavy atom. The van der Waals surface area contributed by atoms with Gasteiger partial charge in [-0.15, -0.1) is 0 Å². The minimum absolute atomic E-state index is 0.0996.